The third kappa shape index (κ3) is 3.18. The first-order valence-corrected chi connectivity index (χ1v) is 7.52. The predicted octanol–water partition coefficient (Wildman–Crippen LogP) is 1.05. The number of ether oxygens (including phenoxy) is 1. The summed E-state index contributed by atoms with van der Waals surface area (Å²) in [5, 5.41) is 9.66. The Labute approximate surface area is 133 Å². The lowest BCUT2D eigenvalue weighted by atomic mass is 10.1. The van der Waals surface area contributed by atoms with Crippen molar-refractivity contribution in [2.75, 3.05) is 26.2 Å². The zero-order chi connectivity index (χ0) is 16.2. The van der Waals surface area contributed by atoms with E-state index in [1.165, 1.54) is 4.90 Å². The summed E-state index contributed by atoms with van der Waals surface area (Å²) in [6.07, 6.45) is 0. The molecule has 0 saturated carbocycles. The molecule has 0 atom stereocenters. The van der Waals surface area contributed by atoms with Crippen molar-refractivity contribution in [3.8, 4) is 17.0 Å². The van der Waals surface area contributed by atoms with E-state index in [0.717, 1.165) is 11.3 Å². The number of piperazine rings is 1. The summed E-state index contributed by atoms with van der Waals surface area (Å²) < 4.78 is 5.59. The number of hydrogen-bond donors (Lipinski definition) is 2. The van der Waals surface area contributed by atoms with E-state index in [2.05, 4.69) is 15.5 Å². The van der Waals surface area contributed by atoms with Crippen molar-refractivity contribution < 1.29 is 14.3 Å². The fourth-order valence-corrected chi connectivity index (χ4v) is 2.51. The molecule has 2 aromatic rings. The van der Waals surface area contributed by atoms with E-state index in [-0.39, 0.29) is 18.4 Å². The van der Waals surface area contributed by atoms with Gasteiger partial charge in [0.25, 0.3) is 5.91 Å². The molecule has 1 aromatic heterocycles. The molecular weight excluding hydrogens is 296 g/mol. The first-order valence-electron chi connectivity index (χ1n) is 7.52. The van der Waals surface area contributed by atoms with Gasteiger partial charge in [0, 0.05) is 18.7 Å². The summed E-state index contributed by atoms with van der Waals surface area (Å²) in [5.41, 5.74) is 1.82. The lowest BCUT2D eigenvalue weighted by Crippen LogP contribution is -2.50. The number of nitrogens with zero attached hydrogens (tertiary/aromatic N) is 2. The van der Waals surface area contributed by atoms with Crippen molar-refractivity contribution in [2.24, 2.45) is 0 Å². The monoisotopic (exact) mass is 314 g/mol. The molecule has 1 saturated heterocycles. The van der Waals surface area contributed by atoms with E-state index < -0.39 is 0 Å². The zero-order valence-electron chi connectivity index (χ0n) is 12.8. The topological polar surface area (TPSA) is 87.3 Å². The molecule has 0 radical (unpaired) electrons. The highest BCUT2D eigenvalue weighted by Crippen LogP contribution is 2.28. The number of amides is 2. The molecule has 1 aromatic carbocycles. The molecular formula is C16H18N4O3. The molecule has 120 valence electrons. The molecule has 0 bridgehead atoms. The minimum atomic E-state index is -0.229. The highest BCUT2D eigenvalue weighted by molar-refractivity contribution is 5.96. The molecule has 1 fully saturated rings. The minimum Gasteiger partial charge on any atom is -0.493 e. The Morgan fingerprint density at radius 1 is 1.39 bits per heavy atom. The smallest absolute Gasteiger partial charge is 0.272 e. The quantitative estimate of drug-likeness (QED) is 0.883. The Morgan fingerprint density at radius 3 is 3.00 bits per heavy atom. The van der Waals surface area contributed by atoms with Crippen LogP contribution in [0, 0.1) is 0 Å². The number of carbonyl (C=O) groups is 2. The third-order valence-corrected chi connectivity index (χ3v) is 3.60. The predicted molar refractivity (Wildman–Crippen MR) is 84.1 cm³/mol. The van der Waals surface area contributed by atoms with E-state index >= 15 is 0 Å². The Balaban J connectivity index is 1.83. The minimum absolute atomic E-state index is 0.0721. The van der Waals surface area contributed by atoms with E-state index in [4.69, 9.17) is 4.74 Å². The fourth-order valence-electron chi connectivity index (χ4n) is 2.51. The number of aromatic amines is 1. The third-order valence-electron chi connectivity index (χ3n) is 3.60. The van der Waals surface area contributed by atoms with Crippen molar-refractivity contribution in [3.63, 3.8) is 0 Å². The van der Waals surface area contributed by atoms with Gasteiger partial charge in [-0.3, -0.25) is 14.7 Å². The van der Waals surface area contributed by atoms with Gasteiger partial charge in [0.15, 0.2) is 0 Å². The summed E-state index contributed by atoms with van der Waals surface area (Å²) in [6.45, 7) is 3.50. The van der Waals surface area contributed by atoms with Gasteiger partial charge in [-0.1, -0.05) is 12.1 Å². The molecule has 3 rings (SSSR count). The number of H-pyrrole nitrogens is 1. The van der Waals surface area contributed by atoms with Gasteiger partial charge < -0.3 is 15.0 Å². The summed E-state index contributed by atoms with van der Waals surface area (Å²) in [7, 11) is 0. The molecule has 2 amide bonds. The van der Waals surface area contributed by atoms with Gasteiger partial charge in [-0.2, -0.15) is 5.10 Å². The summed E-state index contributed by atoms with van der Waals surface area (Å²) in [5.74, 6) is 0.344. The van der Waals surface area contributed by atoms with E-state index in [9.17, 15) is 9.59 Å². The maximum absolute atomic E-state index is 12.4. The van der Waals surface area contributed by atoms with Crippen molar-refractivity contribution >= 4 is 11.8 Å². The summed E-state index contributed by atoms with van der Waals surface area (Å²) in [4.78, 5) is 25.4. The molecule has 1 aliphatic rings. The maximum Gasteiger partial charge on any atom is 0.272 e. The Kier molecular flexibility index (Phi) is 4.27. The SMILES string of the molecule is CCOc1ccccc1-c1cc(C(=O)N2CCNC(=O)C2)[nH]n1. The van der Waals surface area contributed by atoms with Crippen LogP contribution < -0.4 is 10.1 Å². The maximum atomic E-state index is 12.4. The molecule has 0 spiro atoms. The number of nitrogens with one attached hydrogen (secondary N) is 2. The number of hydrogen-bond acceptors (Lipinski definition) is 4. The van der Waals surface area contributed by atoms with Crippen LogP contribution in [-0.2, 0) is 4.79 Å². The highest BCUT2D eigenvalue weighted by Gasteiger charge is 2.24. The standard InChI is InChI=1S/C16H18N4O3/c1-2-23-14-6-4-3-5-11(14)12-9-13(19-18-12)16(22)20-8-7-17-15(21)10-20/h3-6,9H,2,7-8,10H2,1H3,(H,17,21)(H,18,19). The lowest BCUT2D eigenvalue weighted by molar-refractivity contribution is -0.123. The van der Waals surface area contributed by atoms with Gasteiger partial charge in [-0.05, 0) is 25.1 Å². The van der Waals surface area contributed by atoms with Crippen LogP contribution in [-0.4, -0.2) is 53.2 Å². The Morgan fingerprint density at radius 2 is 2.22 bits per heavy atom. The largest absolute Gasteiger partial charge is 0.493 e. The summed E-state index contributed by atoms with van der Waals surface area (Å²) >= 11 is 0. The van der Waals surface area contributed by atoms with Gasteiger partial charge in [0.1, 0.15) is 11.4 Å². The van der Waals surface area contributed by atoms with E-state index in [1.807, 2.05) is 31.2 Å². The van der Waals surface area contributed by atoms with Crippen LogP contribution in [0.1, 0.15) is 17.4 Å². The van der Waals surface area contributed by atoms with Crippen LogP contribution in [0.4, 0.5) is 0 Å². The first kappa shape index (κ1) is 15.1. The number of carbonyl (C=O) groups excluding carboxylic acids is 2. The van der Waals surface area contributed by atoms with Crippen LogP contribution >= 0.6 is 0 Å². The van der Waals surface area contributed by atoms with Crippen LogP contribution in [0.25, 0.3) is 11.3 Å². The second-order valence-electron chi connectivity index (χ2n) is 5.17. The molecule has 7 heteroatoms. The van der Waals surface area contributed by atoms with Gasteiger partial charge in [-0.25, -0.2) is 0 Å². The zero-order valence-corrected chi connectivity index (χ0v) is 12.8. The van der Waals surface area contributed by atoms with Crippen molar-refractivity contribution in [1.29, 1.82) is 0 Å². The van der Waals surface area contributed by atoms with Crippen LogP contribution in [0.5, 0.6) is 5.75 Å². The Bertz CT molecular complexity index is 726. The Hall–Kier alpha value is -2.83. The molecule has 7 nitrogen and oxygen atoms in total. The van der Waals surface area contributed by atoms with E-state index in [1.54, 1.807) is 6.07 Å². The molecule has 2 N–H and O–H groups in total. The van der Waals surface area contributed by atoms with Gasteiger partial charge >= 0.3 is 0 Å². The number of rotatable bonds is 4. The second kappa shape index (κ2) is 6.51. The molecule has 0 aliphatic carbocycles. The van der Waals surface area contributed by atoms with Crippen LogP contribution in [0.2, 0.25) is 0 Å². The van der Waals surface area contributed by atoms with Crippen molar-refractivity contribution in [1.82, 2.24) is 20.4 Å². The molecule has 1 aliphatic heterocycles. The lowest BCUT2D eigenvalue weighted by Gasteiger charge is -2.25. The average molecular weight is 314 g/mol. The fraction of sp³-hybridized carbons (Fsp3) is 0.312. The number of benzene rings is 1. The first-order chi connectivity index (χ1) is 11.2. The molecule has 0 unspecified atom stereocenters. The number of aromatic nitrogens is 2. The second-order valence-corrected chi connectivity index (χ2v) is 5.17. The molecule has 2 heterocycles. The van der Waals surface area contributed by atoms with Crippen LogP contribution in [0.15, 0.2) is 30.3 Å². The van der Waals surface area contributed by atoms with Crippen molar-refractivity contribution in [2.45, 2.75) is 6.92 Å². The highest BCUT2D eigenvalue weighted by atomic mass is 16.5. The van der Waals surface area contributed by atoms with Gasteiger partial charge in [-0.15, -0.1) is 0 Å². The van der Waals surface area contributed by atoms with Crippen molar-refractivity contribution in [3.05, 3.63) is 36.0 Å². The normalized spacial score (nSPS) is 14.5. The van der Waals surface area contributed by atoms with Crippen LogP contribution in [0.3, 0.4) is 0 Å². The van der Waals surface area contributed by atoms with E-state index in [0.29, 0.717) is 31.1 Å². The van der Waals surface area contributed by atoms with Gasteiger partial charge in [0.2, 0.25) is 5.91 Å². The summed E-state index contributed by atoms with van der Waals surface area (Å²) in [6, 6.07) is 9.23. The number of para-hydroxylation sites is 1. The average Bonchev–Trinajstić information content (AvgIpc) is 3.05. The van der Waals surface area contributed by atoms with Gasteiger partial charge in [0.05, 0.1) is 18.8 Å². The molecule has 23 heavy (non-hydrogen) atoms.